The smallest absolute Gasteiger partial charge is 0.155 e. The second-order valence-corrected chi connectivity index (χ2v) is 4.57. The number of hydrogen-bond donors (Lipinski definition) is 0. The van der Waals surface area contributed by atoms with E-state index in [1.54, 1.807) is 12.4 Å². The van der Waals surface area contributed by atoms with Gasteiger partial charge in [-0.25, -0.2) is 0 Å². The zero-order valence-corrected chi connectivity index (χ0v) is 9.74. The van der Waals surface area contributed by atoms with Gasteiger partial charge < -0.3 is 9.08 Å². The van der Waals surface area contributed by atoms with E-state index in [0.29, 0.717) is 6.04 Å². The molecule has 0 radical (unpaired) electrons. The van der Waals surface area contributed by atoms with Crippen molar-refractivity contribution in [3.05, 3.63) is 24.5 Å². The van der Waals surface area contributed by atoms with Crippen molar-refractivity contribution in [2.45, 2.75) is 18.9 Å². The van der Waals surface area contributed by atoms with Crippen LogP contribution < -0.4 is 4.18 Å². The molecule has 1 aromatic rings. The maximum atomic E-state index is 5.54. The molecule has 0 spiro atoms. The van der Waals surface area contributed by atoms with Crippen LogP contribution in [0.5, 0.6) is 5.75 Å². The van der Waals surface area contributed by atoms with Crippen molar-refractivity contribution >= 4 is 12.0 Å². The summed E-state index contributed by atoms with van der Waals surface area (Å²) in [6.45, 7) is 1.22. The van der Waals surface area contributed by atoms with Crippen LogP contribution in [-0.2, 0) is 0 Å². The van der Waals surface area contributed by atoms with Crippen LogP contribution in [0.1, 0.15) is 12.8 Å². The van der Waals surface area contributed by atoms with Crippen molar-refractivity contribution < 1.29 is 4.18 Å². The van der Waals surface area contributed by atoms with Gasteiger partial charge in [-0.05, 0) is 38.6 Å². The molecule has 0 N–H and O–H groups in total. The molecular weight excluding hydrogens is 208 g/mol. The molecule has 2 heterocycles. The lowest BCUT2D eigenvalue weighted by Gasteiger charge is -2.17. The highest BCUT2D eigenvalue weighted by Gasteiger charge is 2.20. The van der Waals surface area contributed by atoms with Crippen molar-refractivity contribution in [1.82, 2.24) is 9.88 Å². The van der Waals surface area contributed by atoms with Crippen molar-refractivity contribution in [1.29, 1.82) is 0 Å². The highest BCUT2D eigenvalue weighted by molar-refractivity contribution is 7.95. The third-order valence-corrected chi connectivity index (χ3v) is 3.55. The van der Waals surface area contributed by atoms with Crippen LogP contribution in [-0.4, -0.2) is 35.3 Å². The standard InChI is InChI=1S/C11H16N2OS/c1-13-7-3-4-10(13)9-15-14-11-5-2-6-12-8-11/h2,5-6,8,10H,3-4,7,9H2,1H3/t10-/m0/s1. The summed E-state index contributed by atoms with van der Waals surface area (Å²) in [6.07, 6.45) is 6.10. The Labute approximate surface area is 95.0 Å². The number of likely N-dealkylation sites (tertiary alicyclic amines) is 1. The predicted octanol–water partition coefficient (Wildman–Crippen LogP) is 2.20. The van der Waals surface area contributed by atoms with E-state index in [1.807, 2.05) is 12.1 Å². The summed E-state index contributed by atoms with van der Waals surface area (Å²) in [7, 11) is 2.18. The monoisotopic (exact) mass is 224 g/mol. The van der Waals surface area contributed by atoms with Crippen LogP contribution in [0.3, 0.4) is 0 Å². The summed E-state index contributed by atoms with van der Waals surface area (Å²) in [6, 6.07) is 4.49. The van der Waals surface area contributed by atoms with E-state index < -0.39 is 0 Å². The molecule has 82 valence electrons. The summed E-state index contributed by atoms with van der Waals surface area (Å²) in [5.74, 6) is 1.87. The quantitative estimate of drug-likeness (QED) is 0.732. The van der Waals surface area contributed by atoms with Crippen molar-refractivity contribution in [2.75, 3.05) is 19.3 Å². The van der Waals surface area contributed by atoms with E-state index in [2.05, 4.69) is 16.9 Å². The number of pyridine rings is 1. The molecule has 1 aliphatic heterocycles. The van der Waals surface area contributed by atoms with Crippen LogP contribution >= 0.6 is 12.0 Å². The Morgan fingerprint density at radius 3 is 3.27 bits per heavy atom. The molecule has 4 heteroatoms. The fourth-order valence-electron chi connectivity index (χ4n) is 1.77. The normalized spacial score (nSPS) is 21.8. The third-order valence-electron chi connectivity index (χ3n) is 2.72. The summed E-state index contributed by atoms with van der Waals surface area (Å²) in [4.78, 5) is 6.40. The average Bonchev–Trinajstić information content (AvgIpc) is 2.66. The lowest BCUT2D eigenvalue weighted by atomic mass is 10.2. The van der Waals surface area contributed by atoms with Gasteiger partial charge in [0, 0.05) is 18.0 Å². The second-order valence-electron chi connectivity index (χ2n) is 3.83. The molecule has 1 saturated heterocycles. The van der Waals surface area contributed by atoms with Crippen LogP contribution in [0.15, 0.2) is 24.5 Å². The van der Waals surface area contributed by atoms with Gasteiger partial charge in [0.05, 0.1) is 18.2 Å². The van der Waals surface area contributed by atoms with Gasteiger partial charge in [-0.2, -0.15) is 0 Å². The molecule has 0 unspecified atom stereocenters. The third kappa shape index (κ3) is 3.11. The zero-order chi connectivity index (χ0) is 10.5. The molecule has 0 aromatic carbocycles. The van der Waals surface area contributed by atoms with Crippen molar-refractivity contribution in [3.63, 3.8) is 0 Å². The van der Waals surface area contributed by atoms with Gasteiger partial charge in [0.15, 0.2) is 5.75 Å². The van der Waals surface area contributed by atoms with E-state index >= 15 is 0 Å². The van der Waals surface area contributed by atoms with Gasteiger partial charge in [-0.15, -0.1) is 0 Å². The first-order valence-electron chi connectivity index (χ1n) is 5.26. The fourth-order valence-corrected chi connectivity index (χ4v) is 2.65. The molecule has 1 fully saturated rings. The first kappa shape index (κ1) is 10.8. The number of nitrogens with zero attached hydrogens (tertiary/aromatic N) is 2. The van der Waals surface area contributed by atoms with Gasteiger partial charge >= 0.3 is 0 Å². The van der Waals surface area contributed by atoms with Gasteiger partial charge in [0.1, 0.15) is 0 Å². The Morgan fingerprint density at radius 2 is 2.60 bits per heavy atom. The predicted molar refractivity (Wildman–Crippen MR) is 63.0 cm³/mol. The van der Waals surface area contributed by atoms with Crippen molar-refractivity contribution in [2.24, 2.45) is 0 Å². The maximum Gasteiger partial charge on any atom is 0.155 e. The minimum Gasteiger partial charge on any atom is -0.424 e. The van der Waals surface area contributed by atoms with E-state index in [9.17, 15) is 0 Å². The molecule has 2 rings (SSSR count). The van der Waals surface area contributed by atoms with Gasteiger partial charge in [-0.1, -0.05) is 0 Å². The number of aromatic nitrogens is 1. The largest absolute Gasteiger partial charge is 0.424 e. The molecule has 0 aliphatic carbocycles. The molecule has 15 heavy (non-hydrogen) atoms. The SMILES string of the molecule is CN1CCC[C@H]1CSOc1cccnc1. The number of rotatable bonds is 4. The molecular formula is C11H16N2OS. The van der Waals surface area contributed by atoms with Crippen LogP contribution in [0.25, 0.3) is 0 Å². The van der Waals surface area contributed by atoms with Gasteiger partial charge in [-0.3, -0.25) is 4.98 Å². The molecule has 0 amide bonds. The average molecular weight is 224 g/mol. The molecule has 0 saturated carbocycles. The van der Waals surface area contributed by atoms with Crippen LogP contribution in [0, 0.1) is 0 Å². The van der Waals surface area contributed by atoms with E-state index in [-0.39, 0.29) is 0 Å². The molecule has 1 atom stereocenters. The Bertz CT molecular complexity index is 294. The summed E-state index contributed by atoms with van der Waals surface area (Å²) in [5.41, 5.74) is 0. The first-order valence-corrected chi connectivity index (χ1v) is 6.17. The molecule has 1 aliphatic rings. The summed E-state index contributed by atoms with van der Waals surface area (Å²) in [5, 5.41) is 0. The lowest BCUT2D eigenvalue weighted by molar-refractivity contribution is 0.333. The van der Waals surface area contributed by atoms with E-state index in [1.165, 1.54) is 31.4 Å². The Balaban J connectivity index is 1.71. The first-order chi connectivity index (χ1) is 7.36. The van der Waals surface area contributed by atoms with Crippen LogP contribution in [0.4, 0.5) is 0 Å². The van der Waals surface area contributed by atoms with Gasteiger partial charge in [0.25, 0.3) is 0 Å². The molecule has 0 bridgehead atoms. The minimum atomic E-state index is 0.673. The van der Waals surface area contributed by atoms with Crippen LogP contribution in [0.2, 0.25) is 0 Å². The topological polar surface area (TPSA) is 25.4 Å². The highest BCUT2D eigenvalue weighted by Crippen LogP contribution is 2.21. The summed E-state index contributed by atoms with van der Waals surface area (Å²) < 4.78 is 5.54. The molecule has 3 nitrogen and oxygen atoms in total. The minimum absolute atomic E-state index is 0.673. The fraction of sp³-hybridized carbons (Fsp3) is 0.545. The maximum absolute atomic E-state index is 5.54. The Hall–Kier alpha value is -0.740. The van der Waals surface area contributed by atoms with E-state index in [0.717, 1.165) is 11.5 Å². The number of hydrogen-bond acceptors (Lipinski definition) is 4. The molecule has 1 aromatic heterocycles. The van der Waals surface area contributed by atoms with Crippen molar-refractivity contribution in [3.8, 4) is 5.75 Å². The second kappa shape index (κ2) is 5.37. The highest BCUT2D eigenvalue weighted by atomic mass is 32.2. The Kier molecular flexibility index (Phi) is 3.86. The van der Waals surface area contributed by atoms with E-state index in [4.69, 9.17) is 4.18 Å². The summed E-state index contributed by atoms with van der Waals surface area (Å²) >= 11 is 1.53. The van der Waals surface area contributed by atoms with Gasteiger partial charge in [0.2, 0.25) is 0 Å². The zero-order valence-electron chi connectivity index (χ0n) is 8.93. The Morgan fingerprint density at radius 1 is 1.67 bits per heavy atom. The lowest BCUT2D eigenvalue weighted by Crippen LogP contribution is -2.27.